The SMILES string of the molecule is C=C(C)Oc1ccccc1C(NCc1ccccc1)P(=O)(O)O. The summed E-state index contributed by atoms with van der Waals surface area (Å²) in [6.45, 7) is 5.68. The minimum atomic E-state index is -4.43. The van der Waals surface area contributed by atoms with Gasteiger partial charge < -0.3 is 14.5 Å². The topological polar surface area (TPSA) is 78.8 Å². The van der Waals surface area contributed by atoms with E-state index in [9.17, 15) is 14.4 Å². The van der Waals surface area contributed by atoms with Crippen LogP contribution in [-0.4, -0.2) is 9.79 Å². The van der Waals surface area contributed by atoms with E-state index >= 15 is 0 Å². The normalized spacial score (nSPS) is 12.7. The van der Waals surface area contributed by atoms with Crippen molar-refractivity contribution >= 4 is 7.60 Å². The molecule has 0 amide bonds. The third kappa shape index (κ3) is 5.05. The van der Waals surface area contributed by atoms with Crippen LogP contribution < -0.4 is 10.1 Å². The molecule has 3 N–H and O–H groups in total. The molecule has 0 aliphatic heterocycles. The molecule has 6 heteroatoms. The van der Waals surface area contributed by atoms with E-state index in [0.717, 1.165) is 5.56 Å². The van der Waals surface area contributed by atoms with Crippen LogP contribution in [0.1, 0.15) is 23.8 Å². The van der Waals surface area contributed by atoms with Crippen LogP contribution in [0.5, 0.6) is 5.75 Å². The van der Waals surface area contributed by atoms with Gasteiger partial charge in [-0.25, -0.2) is 0 Å². The number of benzene rings is 2. The van der Waals surface area contributed by atoms with Gasteiger partial charge in [0.05, 0.1) is 5.76 Å². The Morgan fingerprint density at radius 2 is 1.78 bits per heavy atom. The lowest BCUT2D eigenvalue weighted by Gasteiger charge is -2.23. The number of para-hydroxylation sites is 1. The third-order valence-corrected chi connectivity index (χ3v) is 4.31. The van der Waals surface area contributed by atoms with E-state index in [1.807, 2.05) is 30.3 Å². The van der Waals surface area contributed by atoms with Gasteiger partial charge in [0.1, 0.15) is 11.5 Å². The molecular formula is C17H20NO4P. The predicted molar refractivity (Wildman–Crippen MR) is 90.0 cm³/mol. The van der Waals surface area contributed by atoms with Gasteiger partial charge in [0.2, 0.25) is 0 Å². The van der Waals surface area contributed by atoms with Crippen molar-refractivity contribution < 1.29 is 19.1 Å². The lowest BCUT2D eigenvalue weighted by molar-refractivity contribution is 0.343. The van der Waals surface area contributed by atoms with Gasteiger partial charge in [-0.05, 0) is 18.6 Å². The summed E-state index contributed by atoms with van der Waals surface area (Å²) in [7, 11) is -4.43. The smallest absolute Gasteiger partial charge is 0.346 e. The summed E-state index contributed by atoms with van der Waals surface area (Å²) in [6.07, 6.45) is 0. The highest BCUT2D eigenvalue weighted by atomic mass is 31.2. The number of hydrogen-bond acceptors (Lipinski definition) is 3. The van der Waals surface area contributed by atoms with E-state index < -0.39 is 13.4 Å². The molecule has 122 valence electrons. The van der Waals surface area contributed by atoms with Gasteiger partial charge in [-0.1, -0.05) is 55.1 Å². The van der Waals surface area contributed by atoms with Crippen LogP contribution in [0.4, 0.5) is 0 Å². The van der Waals surface area contributed by atoms with Crippen molar-refractivity contribution in [1.29, 1.82) is 0 Å². The Labute approximate surface area is 135 Å². The molecule has 0 saturated heterocycles. The second-order valence-electron chi connectivity index (χ2n) is 5.20. The first-order valence-corrected chi connectivity index (χ1v) is 8.81. The van der Waals surface area contributed by atoms with E-state index in [4.69, 9.17) is 4.74 Å². The van der Waals surface area contributed by atoms with Gasteiger partial charge >= 0.3 is 7.60 Å². The van der Waals surface area contributed by atoms with E-state index in [0.29, 0.717) is 23.6 Å². The highest BCUT2D eigenvalue weighted by Crippen LogP contribution is 2.52. The Bertz CT molecular complexity index is 712. The Balaban J connectivity index is 2.29. The van der Waals surface area contributed by atoms with Crippen LogP contribution in [0.2, 0.25) is 0 Å². The van der Waals surface area contributed by atoms with Crippen LogP contribution in [0.25, 0.3) is 0 Å². The molecule has 23 heavy (non-hydrogen) atoms. The van der Waals surface area contributed by atoms with Gasteiger partial charge in [0, 0.05) is 12.1 Å². The molecule has 0 aliphatic carbocycles. The maximum Gasteiger partial charge on any atom is 0.346 e. The molecule has 5 nitrogen and oxygen atoms in total. The van der Waals surface area contributed by atoms with Gasteiger partial charge in [-0.2, -0.15) is 0 Å². The van der Waals surface area contributed by atoms with Crippen LogP contribution in [-0.2, 0) is 11.1 Å². The molecule has 0 radical (unpaired) electrons. The second kappa shape index (κ2) is 7.57. The summed E-state index contributed by atoms with van der Waals surface area (Å²) in [6, 6.07) is 16.2. The van der Waals surface area contributed by atoms with Crippen LogP contribution in [0, 0.1) is 0 Å². The van der Waals surface area contributed by atoms with Gasteiger partial charge in [0.25, 0.3) is 0 Å². The van der Waals surface area contributed by atoms with E-state index in [1.54, 1.807) is 31.2 Å². The minimum absolute atomic E-state index is 0.331. The van der Waals surface area contributed by atoms with Crippen molar-refractivity contribution in [3.8, 4) is 5.75 Å². The summed E-state index contributed by atoms with van der Waals surface area (Å²) in [5, 5.41) is 2.93. The summed E-state index contributed by atoms with van der Waals surface area (Å²) >= 11 is 0. The van der Waals surface area contributed by atoms with Crippen LogP contribution in [0.15, 0.2) is 66.9 Å². The fraction of sp³-hybridized carbons (Fsp3) is 0.176. The number of rotatable bonds is 7. The van der Waals surface area contributed by atoms with Crippen molar-refractivity contribution in [2.45, 2.75) is 19.3 Å². The molecular weight excluding hydrogens is 313 g/mol. The summed E-state index contributed by atoms with van der Waals surface area (Å²) in [4.78, 5) is 19.5. The lowest BCUT2D eigenvalue weighted by Crippen LogP contribution is -2.21. The minimum Gasteiger partial charge on any atom is -0.462 e. The molecule has 1 atom stereocenters. The first-order chi connectivity index (χ1) is 10.9. The van der Waals surface area contributed by atoms with E-state index in [2.05, 4.69) is 11.9 Å². The lowest BCUT2D eigenvalue weighted by atomic mass is 10.1. The number of hydrogen-bond donors (Lipinski definition) is 3. The fourth-order valence-electron chi connectivity index (χ4n) is 2.21. The van der Waals surface area contributed by atoms with Crippen molar-refractivity contribution in [2.75, 3.05) is 0 Å². The first-order valence-electron chi connectivity index (χ1n) is 7.13. The zero-order chi connectivity index (χ0) is 16.9. The Kier molecular flexibility index (Phi) is 5.74. The molecule has 0 spiro atoms. The predicted octanol–water partition coefficient (Wildman–Crippen LogP) is 3.57. The van der Waals surface area contributed by atoms with Crippen LogP contribution in [0.3, 0.4) is 0 Å². The highest BCUT2D eigenvalue weighted by molar-refractivity contribution is 7.52. The third-order valence-electron chi connectivity index (χ3n) is 3.18. The molecule has 2 aromatic rings. The summed E-state index contributed by atoms with van der Waals surface area (Å²) in [5.41, 5.74) is 1.34. The zero-order valence-electron chi connectivity index (χ0n) is 12.8. The first kappa shape index (κ1) is 17.4. The largest absolute Gasteiger partial charge is 0.462 e. The molecule has 0 aliphatic rings. The average Bonchev–Trinajstić information content (AvgIpc) is 2.48. The molecule has 1 unspecified atom stereocenters. The molecule has 0 saturated carbocycles. The fourth-order valence-corrected chi connectivity index (χ4v) is 3.11. The molecule has 0 fully saturated rings. The number of ether oxygens (including phenoxy) is 1. The van der Waals surface area contributed by atoms with Gasteiger partial charge in [-0.3, -0.25) is 9.88 Å². The maximum absolute atomic E-state index is 11.9. The van der Waals surface area contributed by atoms with Gasteiger partial charge in [-0.15, -0.1) is 0 Å². The molecule has 2 aromatic carbocycles. The van der Waals surface area contributed by atoms with E-state index in [1.165, 1.54) is 0 Å². The molecule has 2 rings (SSSR count). The number of allylic oxidation sites excluding steroid dienone is 1. The standard InChI is InChI=1S/C17H20NO4P/c1-13(2)22-16-11-7-6-10-15(16)17(23(19,20)21)18-12-14-8-4-3-5-9-14/h3-11,17-18H,1,12H2,2H3,(H2,19,20,21). The molecule has 0 heterocycles. The van der Waals surface area contributed by atoms with Crippen LogP contribution >= 0.6 is 7.60 Å². The van der Waals surface area contributed by atoms with E-state index in [-0.39, 0.29) is 0 Å². The number of nitrogens with one attached hydrogen (secondary N) is 1. The average molecular weight is 333 g/mol. The molecule has 0 bridgehead atoms. The Hall–Kier alpha value is -1.91. The van der Waals surface area contributed by atoms with Crippen molar-refractivity contribution in [3.05, 3.63) is 78.1 Å². The van der Waals surface area contributed by atoms with Crippen molar-refractivity contribution in [3.63, 3.8) is 0 Å². The Morgan fingerprint density at radius 1 is 1.17 bits per heavy atom. The summed E-state index contributed by atoms with van der Waals surface area (Å²) in [5.74, 6) is -0.322. The Morgan fingerprint density at radius 3 is 2.39 bits per heavy atom. The quantitative estimate of drug-likeness (QED) is 0.533. The van der Waals surface area contributed by atoms with Crippen molar-refractivity contribution in [2.24, 2.45) is 0 Å². The van der Waals surface area contributed by atoms with Crippen molar-refractivity contribution in [1.82, 2.24) is 5.32 Å². The second-order valence-corrected chi connectivity index (χ2v) is 6.89. The monoisotopic (exact) mass is 333 g/mol. The maximum atomic E-state index is 11.9. The molecule has 0 aromatic heterocycles. The summed E-state index contributed by atoms with van der Waals surface area (Å²) < 4.78 is 17.4. The van der Waals surface area contributed by atoms with Gasteiger partial charge in [0.15, 0.2) is 0 Å². The highest BCUT2D eigenvalue weighted by Gasteiger charge is 2.32. The zero-order valence-corrected chi connectivity index (χ0v) is 13.7.